The number of carbonyl (C=O) groups excluding carboxylic acids is 1. The number of hydrogen-bond donors (Lipinski definition) is 0. The smallest absolute Gasteiger partial charge is 0.306 e. The third-order valence-electron chi connectivity index (χ3n) is 5.43. The summed E-state index contributed by atoms with van der Waals surface area (Å²) in [6.45, 7) is 3.34. The van der Waals surface area contributed by atoms with E-state index in [4.69, 9.17) is 13.9 Å². The van der Waals surface area contributed by atoms with E-state index in [9.17, 15) is 13.2 Å². The predicted octanol–water partition coefficient (Wildman–Crippen LogP) is 3.35. The average molecular weight is 471 g/mol. The van der Waals surface area contributed by atoms with Gasteiger partial charge in [0.25, 0.3) is 0 Å². The molecule has 0 atom stereocenters. The minimum absolute atomic E-state index is 0.0394. The molecule has 0 spiro atoms. The maximum Gasteiger partial charge on any atom is 0.306 e. The topological polar surface area (TPSA) is 98.9 Å². The van der Waals surface area contributed by atoms with Gasteiger partial charge in [0.2, 0.25) is 15.9 Å². The predicted molar refractivity (Wildman–Crippen MR) is 121 cm³/mol. The van der Waals surface area contributed by atoms with Gasteiger partial charge in [-0.15, -0.1) is 0 Å². The van der Waals surface area contributed by atoms with Crippen LogP contribution in [0.5, 0.6) is 0 Å². The number of aryl methyl sites for hydroxylation is 2. The number of rotatable bonds is 8. The zero-order chi connectivity index (χ0) is 23.3. The number of carbonyl (C=O) groups is 1. The Hall–Kier alpha value is -3.01. The van der Waals surface area contributed by atoms with Crippen LogP contribution in [0.15, 0.2) is 63.9 Å². The lowest BCUT2D eigenvalue weighted by Crippen LogP contribution is -2.40. The Kier molecular flexibility index (Phi) is 7.22. The van der Waals surface area contributed by atoms with E-state index in [1.165, 1.54) is 4.31 Å². The molecule has 2 aromatic carbocycles. The van der Waals surface area contributed by atoms with Crippen molar-refractivity contribution < 1.29 is 27.1 Å². The van der Waals surface area contributed by atoms with E-state index in [0.717, 1.165) is 11.1 Å². The number of sulfonamides is 1. The van der Waals surface area contributed by atoms with E-state index < -0.39 is 10.0 Å². The average Bonchev–Trinajstić information content (AvgIpc) is 3.23. The Bertz CT molecular complexity index is 1180. The fraction of sp³-hybridized carbons (Fsp3) is 0.333. The van der Waals surface area contributed by atoms with Crippen molar-refractivity contribution in [3.8, 4) is 11.5 Å². The highest BCUT2D eigenvalue weighted by molar-refractivity contribution is 7.89. The number of oxazole rings is 1. The van der Waals surface area contributed by atoms with Gasteiger partial charge in [0.15, 0.2) is 0 Å². The van der Waals surface area contributed by atoms with Crippen molar-refractivity contribution in [2.24, 2.45) is 0 Å². The Labute approximate surface area is 193 Å². The molecule has 33 heavy (non-hydrogen) atoms. The van der Waals surface area contributed by atoms with E-state index in [1.54, 1.807) is 31.2 Å². The summed E-state index contributed by atoms with van der Waals surface area (Å²) in [4.78, 5) is 16.9. The monoisotopic (exact) mass is 470 g/mol. The van der Waals surface area contributed by atoms with Crippen molar-refractivity contribution >= 4 is 16.0 Å². The normalized spacial score (nSPS) is 14.8. The minimum Gasteiger partial charge on any atom is -0.459 e. The van der Waals surface area contributed by atoms with Gasteiger partial charge in [0.05, 0.1) is 18.1 Å². The molecule has 0 saturated carbocycles. The largest absolute Gasteiger partial charge is 0.459 e. The maximum absolute atomic E-state index is 12.7. The van der Waals surface area contributed by atoms with Crippen molar-refractivity contribution in [1.29, 1.82) is 0 Å². The number of ether oxygens (including phenoxy) is 2. The molecular formula is C24H26N2O6S. The summed E-state index contributed by atoms with van der Waals surface area (Å²) in [7, 11) is -3.53. The molecule has 4 rings (SSSR count). The summed E-state index contributed by atoms with van der Waals surface area (Å²) in [5.74, 6) is 0.744. The third kappa shape index (κ3) is 5.68. The van der Waals surface area contributed by atoms with E-state index in [0.29, 0.717) is 50.1 Å². The summed E-state index contributed by atoms with van der Waals surface area (Å²) in [6.07, 6.45) is 0.627. The van der Waals surface area contributed by atoms with Gasteiger partial charge in [0.1, 0.15) is 18.1 Å². The van der Waals surface area contributed by atoms with E-state index in [-0.39, 0.29) is 23.9 Å². The molecule has 2 heterocycles. The summed E-state index contributed by atoms with van der Waals surface area (Å²) in [6, 6.07) is 16.1. The number of aromatic nitrogens is 1. The number of benzene rings is 2. The molecular weight excluding hydrogens is 444 g/mol. The molecule has 1 saturated heterocycles. The summed E-state index contributed by atoms with van der Waals surface area (Å²) >= 11 is 0. The van der Waals surface area contributed by atoms with Crippen LogP contribution in [0.25, 0.3) is 11.5 Å². The summed E-state index contributed by atoms with van der Waals surface area (Å²) in [5.41, 5.74) is 2.30. The molecule has 174 valence electrons. The SMILES string of the molecule is Cc1oc(-c2ccccc2)nc1COC(=O)CCc1ccc(S(=O)(=O)N2CCOCC2)cc1. The van der Waals surface area contributed by atoms with E-state index >= 15 is 0 Å². The first kappa shape index (κ1) is 23.2. The highest BCUT2D eigenvalue weighted by Gasteiger charge is 2.26. The first-order chi connectivity index (χ1) is 15.9. The van der Waals surface area contributed by atoms with Crippen LogP contribution in [0.2, 0.25) is 0 Å². The Balaban J connectivity index is 1.28. The first-order valence-corrected chi connectivity index (χ1v) is 12.2. The quantitative estimate of drug-likeness (QED) is 0.466. The molecule has 0 unspecified atom stereocenters. The molecule has 1 aromatic heterocycles. The summed E-state index contributed by atoms with van der Waals surface area (Å²) in [5, 5.41) is 0. The Morgan fingerprint density at radius 1 is 1.06 bits per heavy atom. The molecule has 1 fully saturated rings. The van der Waals surface area contributed by atoms with E-state index in [2.05, 4.69) is 4.98 Å². The molecule has 0 aliphatic carbocycles. The highest BCUT2D eigenvalue weighted by atomic mass is 32.2. The fourth-order valence-electron chi connectivity index (χ4n) is 3.50. The highest BCUT2D eigenvalue weighted by Crippen LogP contribution is 2.22. The number of hydrogen-bond acceptors (Lipinski definition) is 7. The fourth-order valence-corrected chi connectivity index (χ4v) is 4.91. The number of morpholine rings is 1. The zero-order valence-corrected chi connectivity index (χ0v) is 19.2. The van der Waals surface area contributed by atoms with Crippen LogP contribution in [0.1, 0.15) is 23.4 Å². The van der Waals surface area contributed by atoms with Crippen molar-refractivity contribution in [3.63, 3.8) is 0 Å². The van der Waals surface area contributed by atoms with Gasteiger partial charge in [0, 0.05) is 25.1 Å². The first-order valence-electron chi connectivity index (χ1n) is 10.8. The lowest BCUT2D eigenvalue weighted by atomic mass is 10.1. The van der Waals surface area contributed by atoms with Crippen molar-refractivity contribution in [1.82, 2.24) is 9.29 Å². The number of esters is 1. The van der Waals surface area contributed by atoms with Gasteiger partial charge in [-0.05, 0) is 43.2 Å². The van der Waals surface area contributed by atoms with Crippen LogP contribution in [0.4, 0.5) is 0 Å². The van der Waals surface area contributed by atoms with Gasteiger partial charge in [-0.2, -0.15) is 4.31 Å². The Morgan fingerprint density at radius 2 is 1.76 bits per heavy atom. The van der Waals surface area contributed by atoms with Gasteiger partial charge >= 0.3 is 5.97 Å². The zero-order valence-electron chi connectivity index (χ0n) is 18.4. The van der Waals surface area contributed by atoms with Gasteiger partial charge in [-0.25, -0.2) is 13.4 Å². The molecule has 0 bridgehead atoms. The van der Waals surface area contributed by atoms with Crippen LogP contribution in [-0.4, -0.2) is 50.0 Å². The van der Waals surface area contributed by atoms with Crippen LogP contribution in [0.3, 0.4) is 0 Å². The second-order valence-corrected chi connectivity index (χ2v) is 9.65. The molecule has 9 heteroatoms. The second kappa shape index (κ2) is 10.3. The van der Waals surface area contributed by atoms with Crippen molar-refractivity contribution in [3.05, 3.63) is 71.6 Å². The van der Waals surface area contributed by atoms with Crippen molar-refractivity contribution in [2.75, 3.05) is 26.3 Å². The lowest BCUT2D eigenvalue weighted by molar-refractivity contribution is -0.145. The van der Waals surface area contributed by atoms with Gasteiger partial charge in [-0.3, -0.25) is 4.79 Å². The molecule has 3 aromatic rings. The molecule has 0 amide bonds. The van der Waals surface area contributed by atoms with Crippen LogP contribution >= 0.6 is 0 Å². The molecule has 0 N–H and O–H groups in total. The molecule has 1 aliphatic heterocycles. The lowest BCUT2D eigenvalue weighted by Gasteiger charge is -2.26. The van der Waals surface area contributed by atoms with Crippen molar-refractivity contribution in [2.45, 2.75) is 31.3 Å². The van der Waals surface area contributed by atoms with Crippen LogP contribution in [-0.2, 0) is 37.3 Å². The van der Waals surface area contributed by atoms with Gasteiger partial charge < -0.3 is 13.9 Å². The second-order valence-electron chi connectivity index (χ2n) is 7.71. The Morgan fingerprint density at radius 3 is 2.45 bits per heavy atom. The molecule has 1 aliphatic rings. The maximum atomic E-state index is 12.7. The van der Waals surface area contributed by atoms with Gasteiger partial charge in [-0.1, -0.05) is 30.3 Å². The van der Waals surface area contributed by atoms with Crippen LogP contribution < -0.4 is 0 Å². The summed E-state index contributed by atoms with van der Waals surface area (Å²) < 4.78 is 43.1. The minimum atomic E-state index is -3.53. The van der Waals surface area contributed by atoms with Crippen LogP contribution in [0, 0.1) is 6.92 Å². The molecule has 8 nitrogen and oxygen atoms in total. The number of nitrogens with zero attached hydrogens (tertiary/aromatic N) is 2. The van der Waals surface area contributed by atoms with E-state index in [1.807, 2.05) is 30.3 Å². The standard InChI is InChI=1S/C24H26N2O6S/c1-18-22(25-24(32-18)20-5-3-2-4-6-20)17-31-23(27)12-9-19-7-10-21(11-8-19)33(28,29)26-13-15-30-16-14-26/h2-8,10-11H,9,12-17H2,1H3. The molecule has 0 radical (unpaired) electrons. The third-order valence-corrected chi connectivity index (χ3v) is 7.35.